The van der Waals surface area contributed by atoms with Crippen LogP contribution in [0.3, 0.4) is 0 Å². The largest absolute Gasteiger partial charge is 0.492 e. The van der Waals surface area contributed by atoms with Gasteiger partial charge in [-0.15, -0.1) is 0 Å². The van der Waals surface area contributed by atoms with Gasteiger partial charge in [-0.3, -0.25) is 9.97 Å². The molecule has 1 N–H and O–H groups in total. The molecule has 0 aliphatic heterocycles. The van der Waals surface area contributed by atoms with E-state index >= 15 is 0 Å². The molecule has 0 saturated carbocycles. The molecule has 0 saturated heterocycles. The quantitative estimate of drug-likeness (QED) is 0.877. The Morgan fingerprint density at radius 2 is 2.06 bits per heavy atom. The van der Waals surface area contributed by atoms with Crippen LogP contribution in [0.1, 0.15) is 30.6 Å². The molecule has 18 heavy (non-hydrogen) atoms. The minimum Gasteiger partial charge on any atom is -0.492 e. The van der Waals surface area contributed by atoms with Gasteiger partial charge in [0.2, 0.25) is 0 Å². The molecule has 0 aliphatic carbocycles. The van der Waals surface area contributed by atoms with Gasteiger partial charge >= 0.3 is 0 Å². The molecular weight excluding hydrogens is 228 g/mol. The van der Waals surface area contributed by atoms with Crippen molar-refractivity contribution in [3.63, 3.8) is 0 Å². The summed E-state index contributed by atoms with van der Waals surface area (Å²) in [7, 11) is 0. The van der Waals surface area contributed by atoms with Gasteiger partial charge in [-0.1, -0.05) is 13.0 Å². The van der Waals surface area contributed by atoms with Crippen molar-refractivity contribution < 1.29 is 9.84 Å². The molecule has 0 bridgehead atoms. The van der Waals surface area contributed by atoms with Crippen molar-refractivity contribution in [2.45, 2.75) is 19.4 Å². The maximum atomic E-state index is 10.2. The second-order valence-electron chi connectivity index (χ2n) is 3.99. The zero-order valence-electron chi connectivity index (χ0n) is 10.3. The number of ether oxygens (including phenoxy) is 1. The first kappa shape index (κ1) is 12.5. The fourth-order valence-electron chi connectivity index (χ4n) is 1.61. The van der Waals surface area contributed by atoms with Gasteiger partial charge in [0.15, 0.2) is 0 Å². The topological polar surface area (TPSA) is 55.2 Å². The third-order valence-corrected chi connectivity index (χ3v) is 2.52. The average Bonchev–Trinajstić information content (AvgIpc) is 2.45. The highest BCUT2D eigenvalue weighted by Gasteiger charge is 2.11. The van der Waals surface area contributed by atoms with Crippen molar-refractivity contribution in [2.24, 2.45) is 0 Å². The van der Waals surface area contributed by atoms with E-state index in [2.05, 4.69) is 9.97 Å². The van der Waals surface area contributed by atoms with Crippen LogP contribution < -0.4 is 4.74 Å². The van der Waals surface area contributed by atoms with E-state index in [1.165, 1.54) is 0 Å². The Kier molecular flexibility index (Phi) is 4.25. The monoisotopic (exact) mass is 244 g/mol. The first-order valence-electron chi connectivity index (χ1n) is 5.97. The number of hydrogen-bond donors (Lipinski definition) is 1. The number of pyridine rings is 2. The van der Waals surface area contributed by atoms with E-state index in [-0.39, 0.29) is 0 Å². The van der Waals surface area contributed by atoms with Gasteiger partial charge in [-0.2, -0.15) is 0 Å². The Morgan fingerprint density at radius 1 is 1.22 bits per heavy atom. The Morgan fingerprint density at radius 3 is 2.78 bits per heavy atom. The number of nitrogens with zero attached hydrogens (tertiary/aromatic N) is 2. The molecule has 4 heteroatoms. The Bertz CT molecular complexity index is 488. The number of aliphatic hydroxyl groups is 1. The van der Waals surface area contributed by atoms with Gasteiger partial charge in [0.05, 0.1) is 12.8 Å². The van der Waals surface area contributed by atoms with Crippen molar-refractivity contribution >= 4 is 0 Å². The van der Waals surface area contributed by atoms with Gasteiger partial charge < -0.3 is 9.84 Å². The van der Waals surface area contributed by atoms with E-state index in [9.17, 15) is 5.11 Å². The lowest BCUT2D eigenvalue weighted by Gasteiger charge is -2.12. The van der Waals surface area contributed by atoms with Gasteiger partial charge in [0, 0.05) is 29.7 Å². The van der Waals surface area contributed by atoms with Crippen LogP contribution >= 0.6 is 0 Å². The fourth-order valence-corrected chi connectivity index (χ4v) is 1.61. The van der Waals surface area contributed by atoms with Crippen molar-refractivity contribution in [2.75, 3.05) is 6.61 Å². The average molecular weight is 244 g/mol. The normalized spacial score (nSPS) is 12.1. The second-order valence-corrected chi connectivity index (χ2v) is 3.99. The number of rotatable bonds is 5. The summed E-state index contributed by atoms with van der Waals surface area (Å²) in [6.07, 6.45) is 6.82. The lowest BCUT2D eigenvalue weighted by molar-refractivity contribution is 0.218. The molecule has 1 atom stereocenters. The standard InChI is InChI=1S/C14H16N2O2/c1-2-6-18-13-7-12(9-16-10-13)14(17)11-4-3-5-15-8-11/h3-5,7-10,14,17H,2,6H2,1H3. The van der Waals surface area contributed by atoms with Crippen LogP contribution in [-0.2, 0) is 0 Å². The molecule has 0 fully saturated rings. The minimum atomic E-state index is -0.726. The van der Waals surface area contributed by atoms with Crippen molar-refractivity contribution in [1.29, 1.82) is 0 Å². The summed E-state index contributed by atoms with van der Waals surface area (Å²) in [6, 6.07) is 5.43. The van der Waals surface area contributed by atoms with Crippen molar-refractivity contribution in [1.82, 2.24) is 9.97 Å². The third-order valence-electron chi connectivity index (χ3n) is 2.52. The van der Waals surface area contributed by atoms with E-state index in [4.69, 9.17) is 4.74 Å². The zero-order valence-corrected chi connectivity index (χ0v) is 10.3. The molecule has 4 nitrogen and oxygen atoms in total. The van der Waals surface area contributed by atoms with Crippen LogP contribution in [0.2, 0.25) is 0 Å². The maximum absolute atomic E-state index is 10.2. The molecule has 0 spiro atoms. The van der Waals surface area contributed by atoms with E-state index in [0.29, 0.717) is 17.9 Å². The summed E-state index contributed by atoms with van der Waals surface area (Å²) in [5, 5.41) is 10.2. The summed E-state index contributed by atoms with van der Waals surface area (Å²) in [5.41, 5.74) is 1.45. The highest BCUT2D eigenvalue weighted by molar-refractivity contribution is 5.31. The van der Waals surface area contributed by atoms with Crippen molar-refractivity contribution in [3.05, 3.63) is 54.1 Å². The predicted molar refractivity (Wildman–Crippen MR) is 68.3 cm³/mol. The Balaban J connectivity index is 2.17. The fraction of sp³-hybridized carbons (Fsp3) is 0.286. The van der Waals surface area contributed by atoms with Crippen LogP contribution in [0.5, 0.6) is 5.75 Å². The molecular formula is C14H16N2O2. The first-order valence-corrected chi connectivity index (χ1v) is 5.97. The summed E-state index contributed by atoms with van der Waals surface area (Å²) < 4.78 is 5.49. The van der Waals surface area contributed by atoms with Crippen LogP contribution in [-0.4, -0.2) is 21.7 Å². The van der Waals surface area contributed by atoms with Gasteiger partial charge in [-0.05, 0) is 18.6 Å². The lowest BCUT2D eigenvalue weighted by atomic mass is 10.1. The third kappa shape index (κ3) is 3.05. The molecule has 0 radical (unpaired) electrons. The predicted octanol–water partition coefficient (Wildman–Crippen LogP) is 2.35. The van der Waals surface area contributed by atoms with E-state index < -0.39 is 6.10 Å². The SMILES string of the molecule is CCCOc1cncc(C(O)c2cccnc2)c1. The number of aliphatic hydroxyl groups excluding tert-OH is 1. The zero-order chi connectivity index (χ0) is 12.8. The lowest BCUT2D eigenvalue weighted by Crippen LogP contribution is -2.02. The van der Waals surface area contributed by atoms with Crippen LogP contribution in [0.25, 0.3) is 0 Å². The smallest absolute Gasteiger partial charge is 0.137 e. The molecule has 94 valence electrons. The van der Waals surface area contributed by atoms with E-state index in [1.54, 1.807) is 36.9 Å². The number of hydrogen-bond acceptors (Lipinski definition) is 4. The van der Waals surface area contributed by atoms with Gasteiger partial charge in [0.1, 0.15) is 11.9 Å². The van der Waals surface area contributed by atoms with Gasteiger partial charge in [-0.25, -0.2) is 0 Å². The molecule has 0 aromatic carbocycles. The molecule has 2 rings (SSSR count). The summed E-state index contributed by atoms with van der Waals surface area (Å²) in [4.78, 5) is 8.07. The maximum Gasteiger partial charge on any atom is 0.137 e. The summed E-state index contributed by atoms with van der Waals surface area (Å²) in [6.45, 7) is 2.69. The molecule has 1 unspecified atom stereocenters. The van der Waals surface area contributed by atoms with Crippen LogP contribution in [0.15, 0.2) is 43.0 Å². The summed E-state index contributed by atoms with van der Waals surface area (Å²) in [5.74, 6) is 0.678. The summed E-state index contributed by atoms with van der Waals surface area (Å²) >= 11 is 0. The highest BCUT2D eigenvalue weighted by atomic mass is 16.5. The Hall–Kier alpha value is -1.94. The van der Waals surface area contributed by atoms with E-state index in [0.717, 1.165) is 12.0 Å². The molecule has 2 heterocycles. The molecule has 0 aliphatic rings. The molecule has 2 aromatic rings. The highest BCUT2D eigenvalue weighted by Crippen LogP contribution is 2.23. The Labute approximate surface area is 106 Å². The van der Waals surface area contributed by atoms with Crippen LogP contribution in [0.4, 0.5) is 0 Å². The van der Waals surface area contributed by atoms with Crippen molar-refractivity contribution in [3.8, 4) is 5.75 Å². The second kappa shape index (κ2) is 6.12. The van der Waals surface area contributed by atoms with Gasteiger partial charge in [0.25, 0.3) is 0 Å². The molecule has 2 aromatic heterocycles. The minimum absolute atomic E-state index is 0.647. The number of aromatic nitrogens is 2. The first-order chi connectivity index (χ1) is 8.81. The van der Waals surface area contributed by atoms with E-state index in [1.807, 2.05) is 13.0 Å². The van der Waals surface area contributed by atoms with Crippen LogP contribution in [0, 0.1) is 0 Å². The molecule has 0 amide bonds.